The number of aromatic nitrogens is 4. The number of pyridine rings is 1. The van der Waals surface area contributed by atoms with Crippen molar-refractivity contribution in [2.75, 3.05) is 0 Å². The van der Waals surface area contributed by atoms with Gasteiger partial charge >= 0.3 is 0 Å². The smallest absolute Gasteiger partial charge is 0.164 e. The number of hydrogen-bond acceptors (Lipinski definition) is 4. The molecule has 11 rings (SSSR count). The third-order valence-electron chi connectivity index (χ3n) is 12.3. The van der Waals surface area contributed by atoms with Crippen molar-refractivity contribution in [1.82, 2.24) is 19.9 Å². The van der Waals surface area contributed by atoms with Crippen LogP contribution in [0, 0.1) is 13.8 Å². The molecule has 1 atom stereocenters. The molecule has 0 spiro atoms. The first-order valence-corrected chi connectivity index (χ1v) is 20.8. The second kappa shape index (κ2) is 14.8. The summed E-state index contributed by atoms with van der Waals surface area (Å²) in [6.45, 7) is 4.20. The van der Waals surface area contributed by atoms with E-state index >= 15 is 0 Å². The van der Waals surface area contributed by atoms with Crippen molar-refractivity contribution in [3.8, 4) is 67.5 Å². The minimum atomic E-state index is -0.637. The summed E-state index contributed by atoms with van der Waals surface area (Å²) in [7, 11) is 0. The van der Waals surface area contributed by atoms with Gasteiger partial charge in [0.05, 0.1) is 5.41 Å². The van der Waals surface area contributed by atoms with Crippen molar-refractivity contribution >= 4 is 10.8 Å². The highest BCUT2D eigenvalue weighted by atomic mass is 15.0. The Bertz CT molecular complexity index is 3280. The topological polar surface area (TPSA) is 51.6 Å². The van der Waals surface area contributed by atoms with E-state index in [1.165, 1.54) is 38.9 Å². The fraction of sp³-hybridized carbons (Fsp3) is 0.0526. The van der Waals surface area contributed by atoms with Gasteiger partial charge in [-0.1, -0.05) is 176 Å². The average Bonchev–Trinajstić information content (AvgIpc) is 3.62. The van der Waals surface area contributed by atoms with Gasteiger partial charge in [0.15, 0.2) is 17.5 Å². The van der Waals surface area contributed by atoms with Gasteiger partial charge in [0, 0.05) is 34.1 Å². The molecule has 2 heterocycles. The molecule has 2 aromatic heterocycles. The molecule has 0 aliphatic heterocycles. The molecule has 4 nitrogen and oxygen atoms in total. The molecule has 0 fully saturated rings. The van der Waals surface area contributed by atoms with Gasteiger partial charge in [-0.15, -0.1) is 0 Å². The molecule has 1 aliphatic rings. The zero-order chi connectivity index (χ0) is 40.9. The SMILES string of the molecule is Cc1cc(C)c(-c2cccc(-c3cccc(C4(c5ccccc5)c5ccccc5-c5ccc(-c6nc(-c7ccccc7)nc(-c7cccc8ccccc78)n6)cc54)c3)c2)cn1. The largest absolute Gasteiger partial charge is 0.261 e. The van der Waals surface area contributed by atoms with Gasteiger partial charge in [-0.2, -0.15) is 0 Å². The minimum Gasteiger partial charge on any atom is -0.261 e. The van der Waals surface area contributed by atoms with Gasteiger partial charge in [-0.05, 0) is 105 Å². The van der Waals surface area contributed by atoms with Crippen LogP contribution in [0.2, 0.25) is 0 Å². The molecule has 288 valence electrons. The zero-order valence-corrected chi connectivity index (χ0v) is 33.9. The second-order valence-electron chi connectivity index (χ2n) is 15.9. The van der Waals surface area contributed by atoms with Crippen LogP contribution in [0.3, 0.4) is 0 Å². The Balaban J connectivity index is 1.13. The molecular weight excluding hydrogens is 741 g/mol. The van der Waals surface area contributed by atoms with Gasteiger partial charge in [0.2, 0.25) is 0 Å². The summed E-state index contributed by atoms with van der Waals surface area (Å²) in [4.78, 5) is 20.3. The van der Waals surface area contributed by atoms with Crippen LogP contribution in [0.4, 0.5) is 0 Å². The fourth-order valence-corrected chi connectivity index (χ4v) is 9.45. The lowest BCUT2D eigenvalue weighted by Gasteiger charge is -2.34. The highest BCUT2D eigenvalue weighted by Crippen LogP contribution is 2.57. The maximum Gasteiger partial charge on any atom is 0.164 e. The molecule has 8 aromatic carbocycles. The molecule has 0 bridgehead atoms. The number of fused-ring (bicyclic) bond motifs is 4. The zero-order valence-electron chi connectivity index (χ0n) is 33.9. The molecule has 0 saturated carbocycles. The summed E-state index contributed by atoms with van der Waals surface area (Å²) in [6.07, 6.45) is 1.99. The van der Waals surface area contributed by atoms with E-state index in [0.717, 1.165) is 55.4 Å². The molecule has 1 unspecified atom stereocenters. The summed E-state index contributed by atoms with van der Waals surface area (Å²) in [5.74, 6) is 1.91. The third-order valence-corrected chi connectivity index (χ3v) is 12.3. The van der Waals surface area contributed by atoms with Gasteiger partial charge < -0.3 is 0 Å². The number of benzene rings is 8. The van der Waals surface area contributed by atoms with Gasteiger partial charge in [-0.3, -0.25) is 4.98 Å². The quantitative estimate of drug-likeness (QED) is 0.162. The lowest BCUT2D eigenvalue weighted by atomic mass is 9.67. The highest BCUT2D eigenvalue weighted by molar-refractivity contribution is 5.95. The maximum absolute atomic E-state index is 5.29. The molecule has 4 heteroatoms. The molecule has 10 aromatic rings. The van der Waals surface area contributed by atoms with E-state index in [1.54, 1.807) is 0 Å². The maximum atomic E-state index is 5.29. The Morgan fingerprint density at radius 1 is 0.361 bits per heavy atom. The summed E-state index contributed by atoms with van der Waals surface area (Å²) in [6, 6.07) is 71.7. The van der Waals surface area contributed by atoms with E-state index in [9.17, 15) is 0 Å². The molecule has 0 amide bonds. The Hall–Kier alpha value is -7.82. The van der Waals surface area contributed by atoms with Gasteiger partial charge in [0.25, 0.3) is 0 Å². The molecular formula is C57H40N4. The van der Waals surface area contributed by atoms with Crippen molar-refractivity contribution < 1.29 is 0 Å². The third kappa shape index (κ3) is 6.15. The van der Waals surface area contributed by atoms with Crippen molar-refractivity contribution in [3.63, 3.8) is 0 Å². The number of nitrogens with zero attached hydrogens (tertiary/aromatic N) is 4. The van der Waals surface area contributed by atoms with Crippen LogP contribution in [-0.4, -0.2) is 19.9 Å². The number of rotatable bonds is 7. The van der Waals surface area contributed by atoms with Crippen molar-refractivity contribution in [2.24, 2.45) is 0 Å². The molecule has 61 heavy (non-hydrogen) atoms. The Kier molecular flexibility index (Phi) is 8.79. The monoisotopic (exact) mass is 780 g/mol. The predicted molar refractivity (Wildman–Crippen MR) is 249 cm³/mol. The van der Waals surface area contributed by atoms with Gasteiger partial charge in [-0.25, -0.2) is 15.0 Å². The van der Waals surface area contributed by atoms with Crippen LogP contribution in [0.5, 0.6) is 0 Å². The fourth-order valence-electron chi connectivity index (χ4n) is 9.45. The van der Waals surface area contributed by atoms with Gasteiger partial charge in [0.1, 0.15) is 0 Å². The molecule has 1 aliphatic carbocycles. The van der Waals surface area contributed by atoms with Crippen LogP contribution >= 0.6 is 0 Å². The van der Waals surface area contributed by atoms with E-state index in [4.69, 9.17) is 15.0 Å². The summed E-state index contributed by atoms with van der Waals surface area (Å²) in [5, 5.41) is 2.24. The molecule has 0 N–H and O–H groups in total. The van der Waals surface area contributed by atoms with E-state index < -0.39 is 5.41 Å². The first kappa shape index (κ1) is 36.3. The Morgan fingerprint density at radius 2 is 0.951 bits per heavy atom. The standard InChI is InChI=1S/C57H40N4/c1-37-32-38(2)58-36-51(37)43-22-13-20-41(33-43)42-21-14-25-46(34-42)57(45-23-7-4-8-24-45)52-29-12-11-27-48(52)49-31-30-44(35-53(49)57)55-59-54(40-17-5-3-6-18-40)60-56(61-55)50-28-15-19-39-16-9-10-26-47(39)50/h3-36H,1-2H3. The van der Waals surface area contributed by atoms with E-state index in [2.05, 4.69) is 194 Å². The van der Waals surface area contributed by atoms with E-state index in [-0.39, 0.29) is 0 Å². The molecule has 0 radical (unpaired) electrons. The van der Waals surface area contributed by atoms with Crippen LogP contribution in [-0.2, 0) is 5.41 Å². The second-order valence-corrected chi connectivity index (χ2v) is 15.9. The average molecular weight is 781 g/mol. The Morgan fingerprint density at radius 3 is 1.79 bits per heavy atom. The lowest BCUT2D eigenvalue weighted by Crippen LogP contribution is -2.28. The number of aryl methyl sites for hydroxylation is 2. The first-order valence-electron chi connectivity index (χ1n) is 20.8. The summed E-state index contributed by atoms with van der Waals surface area (Å²) >= 11 is 0. The number of hydrogen-bond donors (Lipinski definition) is 0. The van der Waals surface area contributed by atoms with Crippen molar-refractivity contribution in [1.29, 1.82) is 0 Å². The van der Waals surface area contributed by atoms with E-state index in [0.29, 0.717) is 17.5 Å². The normalized spacial score (nSPS) is 14.1. The van der Waals surface area contributed by atoms with Crippen LogP contribution in [0.25, 0.3) is 78.3 Å². The summed E-state index contributed by atoms with van der Waals surface area (Å²) in [5.41, 5.74) is 16.3. The van der Waals surface area contributed by atoms with Crippen LogP contribution in [0.15, 0.2) is 206 Å². The first-order chi connectivity index (χ1) is 30.0. The highest BCUT2D eigenvalue weighted by Gasteiger charge is 2.46. The minimum absolute atomic E-state index is 0.629. The summed E-state index contributed by atoms with van der Waals surface area (Å²) < 4.78 is 0. The molecule has 0 saturated heterocycles. The van der Waals surface area contributed by atoms with Crippen LogP contribution in [0.1, 0.15) is 33.5 Å². The van der Waals surface area contributed by atoms with Crippen molar-refractivity contribution in [2.45, 2.75) is 19.3 Å². The van der Waals surface area contributed by atoms with Crippen molar-refractivity contribution in [3.05, 3.63) is 240 Å². The Labute approximate surface area is 356 Å². The predicted octanol–water partition coefficient (Wildman–Crippen LogP) is 13.7. The van der Waals surface area contributed by atoms with Crippen LogP contribution < -0.4 is 0 Å². The lowest BCUT2D eigenvalue weighted by molar-refractivity contribution is 0.769. The van der Waals surface area contributed by atoms with E-state index in [1.807, 2.05) is 31.3 Å².